The Balaban J connectivity index is 1.36. The van der Waals surface area contributed by atoms with Crippen LogP contribution in [-0.4, -0.2) is 79.9 Å². The van der Waals surface area contributed by atoms with Crippen LogP contribution in [0.3, 0.4) is 0 Å². The van der Waals surface area contributed by atoms with Gasteiger partial charge in [0, 0.05) is 68.7 Å². The lowest BCUT2D eigenvalue weighted by Gasteiger charge is -2.32. The van der Waals surface area contributed by atoms with Crippen LogP contribution in [0.1, 0.15) is 35.4 Å². The number of aromatic nitrogens is 2. The minimum atomic E-state index is -0.111. The van der Waals surface area contributed by atoms with E-state index in [0.717, 1.165) is 80.6 Å². The van der Waals surface area contributed by atoms with Crippen molar-refractivity contribution in [2.75, 3.05) is 57.9 Å². The van der Waals surface area contributed by atoms with Gasteiger partial charge in [-0.05, 0) is 60.8 Å². The summed E-state index contributed by atoms with van der Waals surface area (Å²) in [5, 5.41) is 6.63. The Kier molecular flexibility index (Phi) is 8.22. The van der Waals surface area contributed by atoms with Crippen molar-refractivity contribution in [1.82, 2.24) is 25.5 Å². The summed E-state index contributed by atoms with van der Waals surface area (Å²) in [6.45, 7) is 6.76. The zero-order chi connectivity index (χ0) is 27.3. The number of morpholine rings is 1. The minimum Gasteiger partial charge on any atom is -0.496 e. The molecule has 3 aliphatic rings. The van der Waals surface area contributed by atoms with Gasteiger partial charge in [-0.15, -0.1) is 0 Å². The van der Waals surface area contributed by atoms with Crippen molar-refractivity contribution in [2.45, 2.75) is 38.4 Å². The van der Waals surface area contributed by atoms with Crippen LogP contribution in [0.5, 0.6) is 5.75 Å². The smallest absolute Gasteiger partial charge is 0.237 e. The lowest BCUT2D eigenvalue weighted by atomic mass is 10.0. The van der Waals surface area contributed by atoms with Gasteiger partial charge < -0.3 is 25.0 Å². The molecule has 9 heteroatoms. The molecular formula is C31H38N6O3. The summed E-state index contributed by atoms with van der Waals surface area (Å²) < 4.78 is 11.2. The Morgan fingerprint density at radius 2 is 1.93 bits per heavy atom. The van der Waals surface area contributed by atoms with Gasteiger partial charge in [0.05, 0.1) is 32.1 Å². The van der Waals surface area contributed by atoms with Gasteiger partial charge in [0.15, 0.2) is 0 Å². The molecule has 1 amide bonds. The topological polar surface area (TPSA) is 91.9 Å². The van der Waals surface area contributed by atoms with Crippen molar-refractivity contribution in [3.8, 4) is 17.0 Å². The van der Waals surface area contributed by atoms with Gasteiger partial charge >= 0.3 is 0 Å². The first kappa shape index (κ1) is 26.7. The third-order valence-electron chi connectivity index (χ3n) is 8.10. The number of fused-ring (bicyclic) bond motifs is 8. The first-order chi connectivity index (χ1) is 19.7. The molecule has 0 unspecified atom stereocenters. The predicted molar refractivity (Wildman–Crippen MR) is 154 cm³/mol. The van der Waals surface area contributed by atoms with E-state index in [1.165, 1.54) is 16.8 Å². The molecule has 3 aromatic rings. The Labute approximate surface area is 235 Å². The first-order valence-corrected chi connectivity index (χ1v) is 14.3. The van der Waals surface area contributed by atoms with Gasteiger partial charge in [-0.25, -0.2) is 9.97 Å². The van der Waals surface area contributed by atoms with E-state index in [0.29, 0.717) is 26.1 Å². The molecule has 0 spiro atoms. The zero-order valence-electron chi connectivity index (χ0n) is 23.2. The highest BCUT2D eigenvalue weighted by Gasteiger charge is 2.31. The number of benzene rings is 2. The largest absolute Gasteiger partial charge is 0.496 e. The fourth-order valence-electron chi connectivity index (χ4n) is 6.04. The Hall–Kier alpha value is -3.53. The molecule has 6 rings (SSSR count). The maximum Gasteiger partial charge on any atom is 0.237 e. The monoisotopic (exact) mass is 542 g/mol. The van der Waals surface area contributed by atoms with E-state index in [2.05, 4.69) is 49.7 Å². The number of amides is 1. The summed E-state index contributed by atoms with van der Waals surface area (Å²) in [6, 6.07) is 14.7. The van der Waals surface area contributed by atoms with Crippen LogP contribution in [0.2, 0.25) is 0 Å². The maximum atomic E-state index is 13.2. The van der Waals surface area contributed by atoms with E-state index in [4.69, 9.17) is 14.5 Å². The van der Waals surface area contributed by atoms with Crippen molar-refractivity contribution in [1.29, 1.82) is 0 Å². The molecule has 210 valence electrons. The maximum absolute atomic E-state index is 13.2. The van der Waals surface area contributed by atoms with Gasteiger partial charge in [0.2, 0.25) is 5.91 Å². The molecule has 1 atom stereocenters. The molecule has 4 heterocycles. The fourth-order valence-corrected chi connectivity index (χ4v) is 6.04. The number of hydrogen-bond donors (Lipinski definition) is 2. The Morgan fingerprint density at radius 1 is 1.02 bits per heavy atom. The second kappa shape index (κ2) is 12.3. The van der Waals surface area contributed by atoms with Crippen molar-refractivity contribution < 1.29 is 14.3 Å². The number of hydrogen-bond acceptors (Lipinski definition) is 8. The molecule has 3 aliphatic heterocycles. The van der Waals surface area contributed by atoms with E-state index in [1.54, 1.807) is 7.11 Å². The normalized spacial score (nSPS) is 20.6. The highest BCUT2D eigenvalue weighted by molar-refractivity contribution is 5.82. The van der Waals surface area contributed by atoms with Gasteiger partial charge in [0.25, 0.3) is 0 Å². The number of methoxy groups -OCH3 is 1. The molecule has 0 radical (unpaired) electrons. The molecule has 2 fully saturated rings. The summed E-state index contributed by atoms with van der Waals surface area (Å²) in [7, 11) is 1.69. The van der Waals surface area contributed by atoms with E-state index in [-0.39, 0.29) is 11.9 Å². The second-order valence-electron chi connectivity index (χ2n) is 10.7. The number of carbonyl (C=O) groups is 1. The molecule has 6 bridgehead atoms. The number of rotatable bonds is 2. The standard InChI is InChI=1S/C31H38N6O3/c1-39-29-7-5-23-19-24(29)20-32-10-11-34-31(38)28-3-2-12-37(28)21-25-17-22(18-30-33-9-8-26(23)35-30)4-6-27(25)36-13-15-40-16-14-36/h4-9,17,19,28,32H,2-3,10-16,18,20-21H2,1H3,(H,34,38)/t28-/m0/s1. The van der Waals surface area contributed by atoms with Crippen molar-refractivity contribution in [3.63, 3.8) is 0 Å². The lowest BCUT2D eigenvalue weighted by molar-refractivity contribution is -0.125. The molecule has 9 nitrogen and oxygen atoms in total. The molecule has 2 aromatic carbocycles. The van der Waals surface area contributed by atoms with Gasteiger partial charge in [-0.3, -0.25) is 9.69 Å². The second-order valence-corrected chi connectivity index (χ2v) is 10.7. The number of ether oxygens (including phenoxy) is 2. The Morgan fingerprint density at radius 3 is 2.80 bits per heavy atom. The SMILES string of the molecule is COc1ccc2cc1CNCCNC(=O)[C@@H]1CCCN1Cc1cc(ccc1N1CCOCC1)Cc1nccc-2n1. The molecule has 2 N–H and O–H groups in total. The minimum absolute atomic E-state index is 0.111. The average Bonchev–Trinajstić information content (AvgIpc) is 3.45. The molecular weight excluding hydrogens is 504 g/mol. The van der Waals surface area contributed by atoms with Crippen LogP contribution in [0, 0.1) is 0 Å². The third kappa shape index (κ3) is 5.96. The summed E-state index contributed by atoms with van der Waals surface area (Å²) in [4.78, 5) is 27.6. The van der Waals surface area contributed by atoms with Crippen LogP contribution < -0.4 is 20.3 Å². The summed E-state index contributed by atoms with van der Waals surface area (Å²) in [5.74, 6) is 1.73. The molecule has 2 saturated heterocycles. The number of carbonyl (C=O) groups excluding carboxylic acids is 1. The number of anilines is 1. The van der Waals surface area contributed by atoms with E-state index >= 15 is 0 Å². The zero-order valence-corrected chi connectivity index (χ0v) is 23.2. The first-order valence-electron chi connectivity index (χ1n) is 14.3. The van der Waals surface area contributed by atoms with Gasteiger partial charge in [-0.1, -0.05) is 12.1 Å². The molecule has 40 heavy (non-hydrogen) atoms. The fraction of sp³-hybridized carbons (Fsp3) is 0.452. The summed E-state index contributed by atoms with van der Waals surface area (Å²) in [6.07, 6.45) is 4.40. The van der Waals surface area contributed by atoms with E-state index in [9.17, 15) is 4.79 Å². The molecule has 0 saturated carbocycles. The average molecular weight is 543 g/mol. The van der Waals surface area contributed by atoms with E-state index in [1.807, 2.05) is 24.4 Å². The van der Waals surface area contributed by atoms with Crippen LogP contribution in [0.4, 0.5) is 5.69 Å². The van der Waals surface area contributed by atoms with Crippen molar-refractivity contribution >= 4 is 11.6 Å². The van der Waals surface area contributed by atoms with Crippen LogP contribution in [0.25, 0.3) is 11.3 Å². The van der Waals surface area contributed by atoms with Crippen LogP contribution in [0.15, 0.2) is 48.7 Å². The van der Waals surface area contributed by atoms with Gasteiger partial charge in [0.1, 0.15) is 11.6 Å². The summed E-state index contributed by atoms with van der Waals surface area (Å²) >= 11 is 0. The van der Waals surface area contributed by atoms with Crippen molar-refractivity contribution in [3.05, 3.63) is 71.2 Å². The van der Waals surface area contributed by atoms with E-state index < -0.39 is 0 Å². The highest BCUT2D eigenvalue weighted by atomic mass is 16.5. The highest BCUT2D eigenvalue weighted by Crippen LogP contribution is 2.30. The predicted octanol–water partition coefficient (Wildman–Crippen LogP) is 2.76. The lowest BCUT2D eigenvalue weighted by Crippen LogP contribution is -2.45. The number of nitrogens with one attached hydrogen (secondary N) is 2. The third-order valence-corrected chi connectivity index (χ3v) is 8.10. The number of nitrogens with zero attached hydrogens (tertiary/aromatic N) is 4. The molecule has 1 aromatic heterocycles. The van der Waals surface area contributed by atoms with Crippen molar-refractivity contribution in [2.24, 2.45) is 0 Å². The quantitative estimate of drug-likeness (QED) is 0.511. The summed E-state index contributed by atoms with van der Waals surface area (Å²) in [5.41, 5.74) is 6.61. The molecule has 0 aliphatic carbocycles. The van der Waals surface area contributed by atoms with Crippen LogP contribution >= 0.6 is 0 Å². The van der Waals surface area contributed by atoms with Gasteiger partial charge in [-0.2, -0.15) is 0 Å². The Bertz CT molecular complexity index is 1340. The van der Waals surface area contributed by atoms with Crippen LogP contribution in [-0.2, 0) is 29.0 Å².